The number of nitrogens with zero attached hydrogens (tertiary/aromatic N) is 1. The first-order valence-electron chi connectivity index (χ1n) is 3.44. The summed E-state index contributed by atoms with van der Waals surface area (Å²) in [5.41, 5.74) is 0. The molecule has 0 aromatic carbocycles. The molecule has 0 amide bonds. The van der Waals surface area contributed by atoms with Crippen LogP contribution in [0.5, 0.6) is 0 Å². The second kappa shape index (κ2) is 2.79. The third-order valence-corrected chi connectivity index (χ3v) is 2.33. The zero-order valence-corrected chi connectivity index (χ0v) is 7.96. The van der Waals surface area contributed by atoms with Crippen LogP contribution in [0.1, 0.15) is 5.76 Å². The standard InChI is InChI=1S/C8H6BrNO2/c1-5-6(9)4-8(11-5)7-2-3-10-12-7/h2-4H,1H3. The van der Waals surface area contributed by atoms with Crippen LogP contribution in [-0.4, -0.2) is 5.16 Å². The Morgan fingerprint density at radius 3 is 2.75 bits per heavy atom. The summed E-state index contributed by atoms with van der Waals surface area (Å²) < 4.78 is 11.2. The lowest BCUT2D eigenvalue weighted by atomic mass is 10.3. The van der Waals surface area contributed by atoms with Crippen molar-refractivity contribution < 1.29 is 8.94 Å². The van der Waals surface area contributed by atoms with Gasteiger partial charge in [0.2, 0.25) is 5.76 Å². The van der Waals surface area contributed by atoms with Crippen molar-refractivity contribution in [3.05, 3.63) is 28.6 Å². The van der Waals surface area contributed by atoms with E-state index in [0.717, 1.165) is 10.2 Å². The highest BCUT2D eigenvalue weighted by atomic mass is 79.9. The number of rotatable bonds is 1. The summed E-state index contributed by atoms with van der Waals surface area (Å²) in [6.45, 7) is 1.88. The van der Waals surface area contributed by atoms with Gasteiger partial charge in [-0.1, -0.05) is 5.16 Å². The Morgan fingerprint density at radius 1 is 1.42 bits per heavy atom. The minimum atomic E-state index is 0.642. The molecular formula is C8H6BrNO2. The minimum Gasteiger partial charge on any atom is -0.457 e. The maximum atomic E-state index is 5.38. The third kappa shape index (κ3) is 1.18. The van der Waals surface area contributed by atoms with E-state index in [1.807, 2.05) is 13.0 Å². The van der Waals surface area contributed by atoms with Gasteiger partial charge in [0.05, 0.1) is 10.7 Å². The van der Waals surface area contributed by atoms with Gasteiger partial charge in [-0.15, -0.1) is 0 Å². The van der Waals surface area contributed by atoms with Crippen molar-refractivity contribution in [1.82, 2.24) is 5.16 Å². The molecule has 0 radical (unpaired) electrons. The van der Waals surface area contributed by atoms with Crippen molar-refractivity contribution in [2.75, 3.05) is 0 Å². The summed E-state index contributed by atoms with van der Waals surface area (Å²) in [4.78, 5) is 0. The van der Waals surface area contributed by atoms with Gasteiger partial charge in [-0.25, -0.2) is 0 Å². The second-order valence-electron chi connectivity index (χ2n) is 2.39. The van der Waals surface area contributed by atoms with Crippen molar-refractivity contribution in [1.29, 1.82) is 0 Å². The van der Waals surface area contributed by atoms with E-state index in [1.54, 1.807) is 12.3 Å². The van der Waals surface area contributed by atoms with Crippen LogP contribution in [0.15, 0.2) is 31.7 Å². The molecular weight excluding hydrogens is 222 g/mol. The Kier molecular flexibility index (Phi) is 1.77. The molecule has 0 unspecified atom stereocenters. The summed E-state index contributed by atoms with van der Waals surface area (Å²) in [5.74, 6) is 2.17. The molecule has 0 saturated carbocycles. The number of aryl methyl sites for hydroxylation is 1. The monoisotopic (exact) mass is 227 g/mol. The molecule has 0 atom stereocenters. The summed E-state index contributed by atoms with van der Waals surface area (Å²) >= 11 is 3.35. The molecule has 0 aliphatic rings. The molecule has 2 heterocycles. The van der Waals surface area contributed by atoms with Crippen LogP contribution < -0.4 is 0 Å². The lowest BCUT2D eigenvalue weighted by molar-refractivity contribution is 0.415. The predicted octanol–water partition coefficient (Wildman–Crippen LogP) is 3.01. The van der Waals surface area contributed by atoms with E-state index in [2.05, 4.69) is 21.1 Å². The van der Waals surface area contributed by atoms with Gasteiger partial charge >= 0.3 is 0 Å². The van der Waals surface area contributed by atoms with Crippen LogP contribution in [0.4, 0.5) is 0 Å². The van der Waals surface area contributed by atoms with Crippen LogP contribution in [0.3, 0.4) is 0 Å². The van der Waals surface area contributed by atoms with Crippen molar-refractivity contribution in [3.8, 4) is 11.5 Å². The Labute approximate surface area is 77.5 Å². The molecule has 0 fully saturated rings. The number of hydrogen-bond acceptors (Lipinski definition) is 3. The van der Waals surface area contributed by atoms with E-state index in [9.17, 15) is 0 Å². The smallest absolute Gasteiger partial charge is 0.202 e. The van der Waals surface area contributed by atoms with Crippen LogP contribution in [-0.2, 0) is 0 Å². The van der Waals surface area contributed by atoms with Gasteiger partial charge in [-0.3, -0.25) is 0 Å². The molecule has 0 aliphatic carbocycles. The van der Waals surface area contributed by atoms with E-state index in [-0.39, 0.29) is 0 Å². The lowest BCUT2D eigenvalue weighted by Crippen LogP contribution is -1.63. The zero-order chi connectivity index (χ0) is 8.55. The molecule has 0 N–H and O–H groups in total. The van der Waals surface area contributed by atoms with E-state index in [1.165, 1.54) is 0 Å². The highest BCUT2D eigenvalue weighted by Gasteiger charge is 2.09. The summed E-state index contributed by atoms with van der Waals surface area (Å²) in [7, 11) is 0. The molecule has 12 heavy (non-hydrogen) atoms. The lowest BCUT2D eigenvalue weighted by Gasteiger charge is -1.85. The van der Waals surface area contributed by atoms with Gasteiger partial charge in [0.15, 0.2) is 5.76 Å². The molecule has 2 aromatic rings. The number of furan rings is 1. The van der Waals surface area contributed by atoms with E-state index in [0.29, 0.717) is 11.5 Å². The maximum absolute atomic E-state index is 5.38. The molecule has 0 spiro atoms. The summed E-state index contributed by atoms with van der Waals surface area (Å²) in [5, 5.41) is 3.59. The minimum absolute atomic E-state index is 0.642. The average Bonchev–Trinajstić information content (AvgIpc) is 2.61. The number of aromatic nitrogens is 1. The van der Waals surface area contributed by atoms with Crippen LogP contribution in [0, 0.1) is 6.92 Å². The van der Waals surface area contributed by atoms with Crippen molar-refractivity contribution >= 4 is 15.9 Å². The van der Waals surface area contributed by atoms with E-state index >= 15 is 0 Å². The van der Waals surface area contributed by atoms with Gasteiger partial charge in [0, 0.05) is 12.1 Å². The number of hydrogen-bond donors (Lipinski definition) is 0. The van der Waals surface area contributed by atoms with E-state index < -0.39 is 0 Å². The van der Waals surface area contributed by atoms with Crippen LogP contribution in [0.25, 0.3) is 11.5 Å². The largest absolute Gasteiger partial charge is 0.457 e. The Balaban J connectivity index is 2.48. The average molecular weight is 228 g/mol. The first-order valence-corrected chi connectivity index (χ1v) is 4.23. The summed E-state index contributed by atoms with van der Waals surface area (Å²) in [6, 6.07) is 3.61. The first-order chi connectivity index (χ1) is 5.77. The van der Waals surface area contributed by atoms with Gasteiger partial charge in [0.25, 0.3) is 0 Å². The molecule has 0 bridgehead atoms. The fourth-order valence-corrected chi connectivity index (χ4v) is 1.21. The van der Waals surface area contributed by atoms with Crippen LogP contribution in [0.2, 0.25) is 0 Å². The Morgan fingerprint density at radius 2 is 2.25 bits per heavy atom. The van der Waals surface area contributed by atoms with Crippen molar-refractivity contribution in [2.24, 2.45) is 0 Å². The topological polar surface area (TPSA) is 39.2 Å². The summed E-state index contributed by atoms with van der Waals surface area (Å²) in [6.07, 6.45) is 1.58. The molecule has 2 rings (SSSR count). The molecule has 3 nitrogen and oxygen atoms in total. The second-order valence-corrected chi connectivity index (χ2v) is 3.25. The van der Waals surface area contributed by atoms with Crippen LogP contribution >= 0.6 is 15.9 Å². The number of halogens is 1. The normalized spacial score (nSPS) is 10.5. The maximum Gasteiger partial charge on any atom is 0.202 e. The molecule has 0 saturated heterocycles. The van der Waals surface area contributed by atoms with Gasteiger partial charge < -0.3 is 8.94 Å². The molecule has 62 valence electrons. The highest BCUT2D eigenvalue weighted by Crippen LogP contribution is 2.27. The SMILES string of the molecule is Cc1oc(-c2ccno2)cc1Br. The van der Waals surface area contributed by atoms with Crippen molar-refractivity contribution in [2.45, 2.75) is 6.92 Å². The van der Waals surface area contributed by atoms with Gasteiger partial charge in [-0.2, -0.15) is 0 Å². The Hall–Kier alpha value is -1.03. The fraction of sp³-hybridized carbons (Fsp3) is 0.125. The molecule has 0 aliphatic heterocycles. The zero-order valence-electron chi connectivity index (χ0n) is 6.37. The Bertz CT molecular complexity index is 358. The third-order valence-electron chi connectivity index (χ3n) is 1.54. The fourth-order valence-electron chi connectivity index (χ4n) is 0.924. The van der Waals surface area contributed by atoms with Crippen molar-refractivity contribution in [3.63, 3.8) is 0 Å². The molecule has 2 aromatic heterocycles. The predicted molar refractivity (Wildman–Crippen MR) is 46.6 cm³/mol. The molecule has 4 heteroatoms. The van der Waals surface area contributed by atoms with Gasteiger partial charge in [0.1, 0.15) is 5.76 Å². The first kappa shape index (κ1) is 7.61. The van der Waals surface area contributed by atoms with E-state index in [4.69, 9.17) is 8.94 Å². The highest BCUT2D eigenvalue weighted by molar-refractivity contribution is 9.10. The van der Waals surface area contributed by atoms with Gasteiger partial charge in [-0.05, 0) is 22.9 Å². The quantitative estimate of drug-likeness (QED) is 0.752.